The third kappa shape index (κ3) is 4.01. The first kappa shape index (κ1) is 14.9. The summed E-state index contributed by atoms with van der Waals surface area (Å²) < 4.78 is 0. The topological polar surface area (TPSA) is 0 Å². The molecule has 2 heteroatoms. The lowest BCUT2D eigenvalue weighted by atomic mass is 10.00. The van der Waals surface area contributed by atoms with Crippen molar-refractivity contribution in [3.8, 4) is 0 Å². The van der Waals surface area contributed by atoms with Gasteiger partial charge in [-0.2, -0.15) is 0 Å². The van der Waals surface area contributed by atoms with Crippen LogP contribution in [0.25, 0.3) is 0 Å². The van der Waals surface area contributed by atoms with Gasteiger partial charge in [-0.15, -0.1) is 0 Å². The highest BCUT2D eigenvalue weighted by Crippen LogP contribution is 2.66. The highest BCUT2D eigenvalue weighted by Gasteiger charge is 2.31. The normalized spacial score (nSPS) is 22.2. The summed E-state index contributed by atoms with van der Waals surface area (Å²) in [5.41, 5.74) is 2.10. The van der Waals surface area contributed by atoms with Crippen LogP contribution >= 0.6 is 18.5 Å². The minimum Gasteiger partial charge on any atom is -0.0981 e. The standard InChI is InChI=1S/C18H27PS/c1-4-10-16(11-5-1)19(17-12-6-2-7-13-17)20-18-14-8-3-9-15-18/h3,8-9,14-17H,1-2,4-7,10-13H2. The largest absolute Gasteiger partial charge is 0.0981 e. The second-order valence-electron chi connectivity index (χ2n) is 6.35. The van der Waals surface area contributed by atoms with E-state index in [1.165, 1.54) is 69.1 Å². The van der Waals surface area contributed by atoms with E-state index >= 15 is 0 Å². The Balaban J connectivity index is 1.71. The van der Waals surface area contributed by atoms with Crippen molar-refractivity contribution in [3.63, 3.8) is 0 Å². The van der Waals surface area contributed by atoms with Gasteiger partial charge in [-0.05, 0) is 56.3 Å². The lowest BCUT2D eigenvalue weighted by Crippen LogP contribution is -2.18. The molecule has 0 atom stereocenters. The molecule has 0 aliphatic heterocycles. The fraction of sp³-hybridized carbons (Fsp3) is 0.667. The number of rotatable bonds is 4. The van der Waals surface area contributed by atoms with E-state index < -0.39 is 0 Å². The molecule has 3 rings (SSSR count). The van der Waals surface area contributed by atoms with Gasteiger partial charge in [0.15, 0.2) is 0 Å². The minimum atomic E-state index is 0.143. The summed E-state index contributed by atoms with van der Waals surface area (Å²) >= 11 is 2.27. The van der Waals surface area contributed by atoms with Crippen LogP contribution in [-0.4, -0.2) is 11.3 Å². The van der Waals surface area contributed by atoms with Crippen molar-refractivity contribution in [2.45, 2.75) is 80.4 Å². The van der Waals surface area contributed by atoms with Crippen LogP contribution in [0.2, 0.25) is 0 Å². The smallest absolute Gasteiger partial charge is 0.0116 e. The number of benzene rings is 1. The quantitative estimate of drug-likeness (QED) is 0.549. The second-order valence-corrected chi connectivity index (χ2v) is 11.0. The van der Waals surface area contributed by atoms with E-state index in [9.17, 15) is 0 Å². The van der Waals surface area contributed by atoms with E-state index in [0.29, 0.717) is 0 Å². The average molecular weight is 306 g/mol. The summed E-state index contributed by atoms with van der Waals surface area (Å²) in [6.45, 7) is 0. The summed E-state index contributed by atoms with van der Waals surface area (Å²) in [4.78, 5) is 1.52. The van der Waals surface area contributed by atoms with Gasteiger partial charge in [0, 0.05) is 4.90 Å². The van der Waals surface area contributed by atoms with Crippen molar-refractivity contribution in [1.29, 1.82) is 0 Å². The van der Waals surface area contributed by atoms with E-state index in [2.05, 4.69) is 41.7 Å². The van der Waals surface area contributed by atoms with Crippen molar-refractivity contribution < 1.29 is 0 Å². The summed E-state index contributed by atoms with van der Waals surface area (Å²) in [5, 5.41) is 0. The minimum absolute atomic E-state index is 0.143. The second kappa shape index (κ2) is 7.85. The molecule has 0 radical (unpaired) electrons. The Hall–Kier alpha value is -0.0000000000000000555. The lowest BCUT2D eigenvalue weighted by Gasteiger charge is -2.37. The van der Waals surface area contributed by atoms with Crippen LogP contribution in [0.4, 0.5) is 0 Å². The molecule has 0 saturated heterocycles. The molecule has 0 heterocycles. The fourth-order valence-corrected chi connectivity index (χ4v) is 10.1. The Morgan fingerprint density at radius 1 is 0.700 bits per heavy atom. The van der Waals surface area contributed by atoms with Gasteiger partial charge in [0.2, 0.25) is 0 Å². The molecule has 0 amide bonds. The third-order valence-electron chi connectivity index (χ3n) is 4.82. The molecule has 2 saturated carbocycles. The first-order chi connectivity index (χ1) is 9.93. The van der Waals surface area contributed by atoms with E-state index in [1.807, 2.05) is 0 Å². The summed E-state index contributed by atoms with van der Waals surface area (Å²) in [5.74, 6) is 0. The summed E-state index contributed by atoms with van der Waals surface area (Å²) in [6, 6.07) is 11.2. The molecule has 2 aliphatic rings. The fourth-order valence-electron chi connectivity index (χ4n) is 3.72. The molecule has 2 aliphatic carbocycles. The van der Waals surface area contributed by atoms with Crippen LogP contribution in [0.1, 0.15) is 64.2 Å². The maximum absolute atomic E-state index is 2.33. The number of hydrogen-bond donors (Lipinski definition) is 0. The zero-order valence-electron chi connectivity index (χ0n) is 12.5. The van der Waals surface area contributed by atoms with Crippen LogP contribution < -0.4 is 0 Å². The zero-order valence-corrected chi connectivity index (χ0v) is 14.2. The van der Waals surface area contributed by atoms with Gasteiger partial charge in [0.05, 0.1) is 0 Å². The van der Waals surface area contributed by atoms with Gasteiger partial charge in [-0.3, -0.25) is 0 Å². The molecule has 0 spiro atoms. The van der Waals surface area contributed by atoms with Crippen LogP contribution in [0.5, 0.6) is 0 Å². The van der Waals surface area contributed by atoms with E-state index in [0.717, 1.165) is 11.3 Å². The van der Waals surface area contributed by atoms with Crippen LogP contribution in [0.15, 0.2) is 35.2 Å². The van der Waals surface area contributed by atoms with Gasteiger partial charge in [-0.1, -0.05) is 68.1 Å². The molecular weight excluding hydrogens is 279 g/mol. The molecule has 1 aromatic rings. The SMILES string of the molecule is c1ccc(SP(C2CCCCC2)C2CCCCC2)cc1. The highest BCUT2D eigenvalue weighted by atomic mass is 32.7. The summed E-state index contributed by atoms with van der Waals surface area (Å²) in [7, 11) is 0.143. The molecule has 0 aromatic heterocycles. The third-order valence-corrected chi connectivity index (χ3v) is 11.0. The van der Waals surface area contributed by atoms with Crippen LogP contribution in [-0.2, 0) is 0 Å². The van der Waals surface area contributed by atoms with Crippen molar-refractivity contribution in [3.05, 3.63) is 30.3 Å². The van der Waals surface area contributed by atoms with Crippen molar-refractivity contribution >= 4 is 18.5 Å². The lowest BCUT2D eigenvalue weighted by molar-refractivity contribution is 0.488. The van der Waals surface area contributed by atoms with E-state index in [4.69, 9.17) is 0 Å². The van der Waals surface area contributed by atoms with Gasteiger partial charge < -0.3 is 0 Å². The molecule has 0 nitrogen and oxygen atoms in total. The Bertz CT molecular complexity index is 362. The average Bonchev–Trinajstić information content (AvgIpc) is 2.55. The molecule has 1 aromatic carbocycles. The Morgan fingerprint density at radius 2 is 1.20 bits per heavy atom. The first-order valence-electron chi connectivity index (χ1n) is 8.45. The Labute approximate surface area is 129 Å². The van der Waals surface area contributed by atoms with Gasteiger partial charge in [-0.25, -0.2) is 0 Å². The molecule has 0 N–H and O–H groups in total. The number of hydrogen-bond acceptors (Lipinski definition) is 1. The van der Waals surface area contributed by atoms with Crippen molar-refractivity contribution in [2.24, 2.45) is 0 Å². The van der Waals surface area contributed by atoms with Crippen molar-refractivity contribution in [2.75, 3.05) is 0 Å². The van der Waals surface area contributed by atoms with Crippen LogP contribution in [0.3, 0.4) is 0 Å². The Kier molecular flexibility index (Phi) is 5.86. The van der Waals surface area contributed by atoms with Crippen LogP contribution in [0, 0.1) is 0 Å². The predicted molar refractivity (Wildman–Crippen MR) is 93.0 cm³/mol. The molecule has 20 heavy (non-hydrogen) atoms. The first-order valence-corrected chi connectivity index (χ1v) is 11.3. The Morgan fingerprint density at radius 3 is 1.70 bits per heavy atom. The monoisotopic (exact) mass is 306 g/mol. The van der Waals surface area contributed by atoms with Gasteiger partial charge >= 0.3 is 0 Å². The molecule has 110 valence electrons. The van der Waals surface area contributed by atoms with Gasteiger partial charge in [0.25, 0.3) is 0 Å². The van der Waals surface area contributed by atoms with E-state index in [1.54, 1.807) is 0 Å². The van der Waals surface area contributed by atoms with Gasteiger partial charge in [0.1, 0.15) is 0 Å². The predicted octanol–water partition coefficient (Wildman–Crippen LogP) is 6.84. The zero-order chi connectivity index (χ0) is 13.6. The maximum Gasteiger partial charge on any atom is 0.0116 e. The maximum atomic E-state index is 2.33. The molecule has 0 unspecified atom stereocenters. The highest BCUT2D eigenvalue weighted by molar-refractivity contribution is 8.56. The molecule has 0 bridgehead atoms. The van der Waals surface area contributed by atoms with E-state index in [-0.39, 0.29) is 7.12 Å². The summed E-state index contributed by atoms with van der Waals surface area (Å²) in [6.07, 6.45) is 15.0. The van der Waals surface area contributed by atoms with Crippen molar-refractivity contribution in [1.82, 2.24) is 0 Å². The molecule has 2 fully saturated rings. The molecular formula is C18H27PS.